The van der Waals surface area contributed by atoms with Crippen molar-refractivity contribution in [3.8, 4) is 11.5 Å². The molecule has 30 heavy (non-hydrogen) atoms. The van der Waals surface area contributed by atoms with Crippen LogP contribution in [-0.4, -0.2) is 48.8 Å². The van der Waals surface area contributed by atoms with Crippen LogP contribution in [0.5, 0.6) is 11.5 Å². The van der Waals surface area contributed by atoms with Crippen LogP contribution < -0.4 is 9.47 Å². The smallest absolute Gasteiger partial charge is 0.306 e. The topological polar surface area (TPSA) is 59.0 Å². The van der Waals surface area contributed by atoms with Gasteiger partial charge in [0.15, 0.2) is 0 Å². The van der Waals surface area contributed by atoms with E-state index < -0.39 is 5.97 Å². The van der Waals surface area contributed by atoms with Gasteiger partial charge in [0.1, 0.15) is 23.9 Å². The Morgan fingerprint density at radius 3 is 2.60 bits per heavy atom. The fourth-order valence-corrected chi connectivity index (χ4v) is 4.09. The molecule has 6 heteroatoms. The zero-order valence-corrected chi connectivity index (χ0v) is 16.9. The summed E-state index contributed by atoms with van der Waals surface area (Å²) in [6, 6.07) is 12.1. The maximum absolute atomic E-state index is 13.6. The summed E-state index contributed by atoms with van der Waals surface area (Å²) in [6.07, 6.45) is 3.63. The molecule has 1 saturated heterocycles. The van der Waals surface area contributed by atoms with E-state index in [2.05, 4.69) is 4.90 Å². The fourth-order valence-electron chi connectivity index (χ4n) is 4.09. The minimum absolute atomic E-state index is 0.0611. The molecule has 0 saturated carbocycles. The molecule has 4 rings (SSSR count). The lowest BCUT2D eigenvalue weighted by molar-refractivity contribution is -0.137. The van der Waals surface area contributed by atoms with E-state index in [-0.39, 0.29) is 18.8 Å². The highest BCUT2D eigenvalue weighted by atomic mass is 19.1. The Labute approximate surface area is 175 Å². The molecule has 1 fully saturated rings. The number of rotatable bonds is 7. The Bertz CT molecular complexity index is 933. The number of hydrogen-bond donors (Lipinski definition) is 1. The first kappa shape index (κ1) is 20.4. The van der Waals surface area contributed by atoms with Gasteiger partial charge in [-0.3, -0.25) is 9.69 Å². The molecule has 0 unspecified atom stereocenters. The molecular formula is C24H26FNO4. The number of carboxylic acids is 1. The molecular weight excluding hydrogens is 385 g/mol. The third-order valence-corrected chi connectivity index (χ3v) is 5.56. The van der Waals surface area contributed by atoms with E-state index in [1.165, 1.54) is 37.0 Å². The van der Waals surface area contributed by atoms with E-state index in [1.54, 1.807) is 18.2 Å². The van der Waals surface area contributed by atoms with E-state index >= 15 is 0 Å². The van der Waals surface area contributed by atoms with Gasteiger partial charge in [-0.05, 0) is 73.0 Å². The maximum atomic E-state index is 13.6. The van der Waals surface area contributed by atoms with Crippen LogP contribution >= 0.6 is 0 Å². The molecule has 2 aromatic rings. The largest absolute Gasteiger partial charge is 0.493 e. The molecule has 0 amide bonds. The van der Waals surface area contributed by atoms with E-state index in [0.29, 0.717) is 12.4 Å². The van der Waals surface area contributed by atoms with Gasteiger partial charge in [0.05, 0.1) is 13.0 Å². The first-order chi connectivity index (χ1) is 14.6. The van der Waals surface area contributed by atoms with Gasteiger partial charge < -0.3 is 14.6 Å². The van der Waals surface area contributed by atoms with Crippen LogP contribution in [0.3, 0.4) is 0 Å². The number of aliphatic carboxylic acids is 1. The van der Waals surface area contributed by atoms with Gasteiger partial charge >= 0.3 is 5.97 Å². The normalized spacial score (nSPS) is 16.7. The van der Waals surface area contributed by atoms with Crippen molar-refractivity contribution >= 4 is 11.5 Å². The Morgan fingerprint density at radius 2 is 1.87 bits per heavy atom. The molecule has 0 spiro atoms. The molecule has 0 aliphatic carbocycles. The quantitative estimate of drug-likeness (QED) is 0.734. The Balaban J connectivity index is 1.69. The Kier molecular flexibility index (Phi) is 6.33. The number of likely N-dealkylation sites (tertiary alicyclic amines) is 1. The maximum Gasteiger partial charge on any atom is 0.306 e. The predicted octanol–water partition coefficient (Wildman–Crippen LogP) is 4.36. The van der Waals surface area contributed by atoms with Crippen molar-refractivity contribution in [3.05, 3.63) is 65.0 Å². The molecule has 158 valence electrons. The van der Waals surface area contributed by atoms with Gasteiger partial charge in [-0.1, -0.05) is 18.6 Å². The van der Waals surface area contributed by atoms with Crippen LogP contribution in [0.1, 0.15) is 36.8 Å². The molecule has 5 nitrogen and oxygen atoms in total. The third kappa shape index (κ3) is 4.82. The molecule has 2 aliphatic heterocycles. The number of benzene rings is 2. The predicted molar refractivity (Wildman–Crippen MR) is 112 cm³/mol. The zero-order chi connectivity index (χ0) is 20.9. The van der Waals surface area contributed by atoms with Crippen molar-refractivity contribution in [2.24, 2.45) is 0 Å². The standard InChI is InChI=1S/C24H26FNO4/c25-19-6-4-17(5-7-19)24-18(15-26-11-2-1-3-12-26)16-30-22-9-8-20(14-21(22)24)29-13-10-23(27)28/h4-9,14H,1-3,10-13,15-16H2,(H,27,28). The van der Waals surface area contributed by atoms with E-state index in [4.69, 9.17) is 14.6 Å². The van der Waals surface area contributed by atoms with Crippen molar-refractivity contribution in [1.29, 1.82) is 0 Å². The van der Waals surface area contributed by atoms with Crippen LogP contribution in [-0.2, 0) is 4.79 Å². The van der Waals surface area contributed by atoms with E-state index in [0.717, 1.165) is 42.1 Å². The molecule has 0 radical (unpaired) electrons. The molecule has 2 heterocycles. The monoisotopic (exact) mass is 411 g/mol. The lowest BCUT2D eigenvalue weighted by Gasteiger charge is -2.31. The van der Waals surface area contributed by atoms with Gasteiger partial charge in [-0.25, -0.2) is 4.39 Å². The Morgan fingerprint density at radius 1 is 1.10 bits per heavy atom. The second kappa shape index (κ2) is 9.30. The van der Waals surface area contributed by atoms with Crippen LogP contribution in [0.25, 0.3) is 5.57 Å². The zero-order valence-electron chi connectivity index (χ0n) is 16.9. The van der Waals surface area contributed by atoms with E-state index in [9.17, 15) is 9.18 Å². The molecule has 0 aromatic heterocycles. The molecule has 2 aliphatic rings. The summed E-state index contributed by atoms with van der Waals surface area (Å²) < 4.78 is 25.3. The third-order valence-electron chi connectivity index (χ3n) is 5.56. The molecule has 0 bridgehead atoms. The van der Waals surface area contributed by atoms with Crippen LogP contribution in [0, 0.1) is 5.82 Å². The number of fused-ring (bicyclic) bond motifs is 1. The second-order valence-electron chi connectivity index (χ2n) is 7.76. The van der Waals surface area contributed by atoms with Crippen molar-refractivity contribution in [2.75, 3.05) is 32.8 Å². The lowest BCUT2D eigenvalue weighted by Crippen LogP contribution is -2.33. The van der Waals surface area contributed by atoms with Gasteiger partial charge in [0.2, 0.25) is 0 Å². The number of hydrogen-bond acceptors (Lipinski definition) is 4. The fraction of sp³-hybridized carbons (Fsp3) is 0.375. The van der Waals surface area contributed by atoms with Gasteiger partial charge in [0.25, 0.3) is 0 Å². The van der Waals surface area contributed by atoms with Crippen molar-refractivity contribution < 1.29 is 23.8 Å². The second-order valence-corrected chi connectivity index (χ2v) is 7.76. The first-order valence-corrected chi connectivity index (χ1v) is 10.4. The average Bonchev–Trinajstić information content (AvgIpc) is 2.75. The Hall–Kier alpha value is -2.86. The average molecular weight is 411 g/mol. The summed E-state index contributed by atoms with van der Waals surface area (Å²) in [7, 11) is 0. The summed E-state index contributed by atoms with van der Waals surface area (Å²) >= 11 is 0. The van der Waals surface area contributed by atoms with Crippen LogP contribution in [0.4, 0.5) is 4.39 Å². The van der Waals surface area contributed by atoms with Crippen molar-refractivity contribution in [2.45, 2.75) is 25.7 Å². The van der Waals surface area contributed by atoms with E-state index in [1.807, 2.05) is 12.1 Å². The summed E-state index contributed by atoms with van der Waals surface area (Å²) in [5.74, 6) is 0.182. The molecule has 1 N–H and O–H groups in total. The van der Waals surface area contributed by atoms with Gasteiger partial charge in [-0.2, -0.15) is 0 Å². The highest BCUT2D eigenvalue weighted by Crippen LogP contribution is 2.40. The minimum Gasteiger partial charge on any atom is -0.493 e. The number of piperidine rings is 1. The van der Waals surface area contributed by atoms with Crippen LogP contribution in [0.2, 0.25) is 0 Å². The van der Waals surface area contributed by atoms with Gasteiger partial charge in [-0.15, -0.1) is 0 Å². The summed E-state index contributed by atoms with van der Waals surface area (Å²) in [5.41, 5.74) is 4.05. The van der Waals surface area contributed by atoms with Gasteiger partial charge in [0, 0.05) is 12.1 Å². The number of ether oxygens (including phenoxy) is 2. The highest BCUT2D eigenvalue weighted by molar-refractivity contribution is 5.87. The number of carbonyl (C=O) groups is 1. The SMILES string of the molecule is O=C(O)CCOc1ccc2c(c1)C(c1ccc(F)cc1)=C(CN1CCCCC1)CO2. The molecule has 2 aromatic carbocycles. The first-order valence-electron chi connectivity index (χ1n) is 10.4. The van der Waals surface area contributed by atoms with Crippen molar-refractivity contribution in [3.63, 3.8) is 0 Å². The summed E-state index contributed by atoms with van der Waals surface area (Å²) in [5, 5.41) is 8.84. The number of carboxylic acid groups (broad SMARTS) is 1. The number of halogens is 1. The lowest BCUT2D eigenvalue weighted by atomic mass is 9.90. The minimum atomic E-state index is -0.896. The summed E-state index contributed by atoms with van der Waals surface area (Å²) in [6.45, 7) is 3.56. The highest BCUT2D eigenvalue weighted by Gasteiger charge is 2.24. The number of nitrogens with zero attached hydrogens (tertiary/aromatic N) is 1. The van der Waals surface area contributed by atoms with Crippen LogP contribution in [0.15, 0.2) is 48.0 Å². The van der Waals surface area contributed by atoms with Crippen molar-refractivity contribution in [1.82, 2.24) is 4.90 Å². The summed E-state index contributed by atoms with van der Waals surface area (Å²) in [4.78, 5) is 13.2. The molecule has 0 atom stereocenters.